The Kier molecular flexibility index (Phi) is 3.61. The predicted molar refractivity (Wildman–Crippen MR) is 80.4 cm³/mol. The molecule has 0 aliphatic carbocycles. The van der Waals surface area contributed by atoms with Crippen molar-refractivity contribution < 1.29 is 4.74 Å². The first-order valence-electron chi connectivity index (χ1n) is 6.62. The van der Waals surface area contributed by atoms with Crippen molar-refractivity contribution in [2.75, 3.05) is 0 Å². The lowest BCUT2D eigenvalue weighted by Gasteiger charge is -2.11. The summed E-state index contributed by atoms with van der Waals surface area (Å²) >= 11 is 0. The molecule has 3 rings (SSSR count). The Bertz CT molecular complexity index is 720. The third kappa shape index (κ3) is 2.49. The SMILES string of the molecule is NCc1ccccc1COc1cccc2ncccc12. The van der Waals surface area contributed by atoms with Crippen LogP contribution in [0.15, 0.2) is 60.8 Å². The van der Waals surface area contributed by atoms with Gasteiger partial charge in [-0.2, -0.15) is 0 Å². The van der Waals surface area contributed by atoms with Crippen LogP contribution in [0.2, 0.25) is 0 Å². The minimum Gasteiger partial charge on any atom is -0.488 e. The molecule has 2 N–H and O–H groups in total. The first-order valence-corrected chi connectivity index (χ1v) is 6.62. The van der Waals surface area contributed by atoms with Crippen LogP contribution < -0.4 is 10.5 Å². The molecule has 0 aliphatic rings. The van der Waals surface area contributed by atoms with E-state index in [1.165, 1.54) is 0 Å². The standard InChI is InChI=1S/C17H16N2O/c18-11-13-5-1-2-6-14(13)12-20-17-9-3-8-16-15(17)7-4-10-19-16/h1-10H,11-12,18H2. The van der Waals surface area contributed by atoms with Crippen LogP contribution in [0.1, 0.15) is 11.1 Å². The highest BCUT2D eigenvalue weighted by molar-refractivity contribution is 5.84. The number of benzene rings is 2. The van der Waals surface area contributed by atoms with Crippen LogP contribution in [0.4, 0.5) is 0 Å². The van der Waals surface area contributed by atoms with Crippen molar-refractivity contribution in [3.8, 4) is 5.75 Å². The summed E-state index contributed by atoms with van der Waals surface area (Å²) < 4.78 is 5.95. The average molecular weight is 264 g/mol. The van der Waals surface area contributed by atoms with Crippen LogP contribution in [0.5, 0.6) is 5.75 Å². The summed E-state index contributed by atoms with van der Waals surface area (Å²) in [5, 5.41) is 1.03. The van der Waals surface area contributed by atoms with E-state index in [1.807, 2.05) is 54.6 Å². The molecule has 0 atom stereocenters. The van der Waals surface area contributed by atoms with Gasteiger partial charge in [0.15, 0.2) is 0 Å². The minimum atomic E-state index is 0.515. The van der Waals surface area contributed by atoms with Gasteiger partial charge in [0.25, 0.3) is 0 Å². The maximum atomic E-state index is 5.95. The summed E-state index contributed by atoms with van der Waals surface area (Å²) in [5.74, 6) is 0.849. The molecule has 20 heavy (non-hydrogen) atoms. The van der Waals surface area contributed by atoms with Gasteiger partial charge in [0.05, 0.1) is 5.52 Å². The highest BCUT2D eigenvalue weighted by atomic mass is 16.5. The van der Waals surface area contributed by atoms with E-state index < -0.39 is 0 Å². The Hall–Kier alpha value is -2.39. The molecule has 0 saturated heterocycles. The first kappa shape index (κ1) is 12.6. The van der Waals surface area contributed by atoms with Crippen LogP contribution in [-0.4, -0.2) is 4.98 Å². The normalized spacial score (nSPS) is 10.7. The number of pyridine rings is 1. The zero-order valence-electron chi connectivity index (χ0n) is 11.1. The number of nitrogens with zero attached hydrogens (tertiary/aromatic N) is 1. The van der Waals surface area contributed by atoms with Gasteiger partial charge >= 0.3 is 0 Å². The van der Waals surface area contributed by atoms with Crippen molar-refractivity contribution >= 4 is 10.9 Å². The minimum absolute atomic E-state index is 0.515. The number of ether oxygens (including phenoxy) is 1. The second-order valence-electron chi connectivity index (χ2n) is 4.59. The van der Waals surface area contributed by atoms with Crippen LogP contribution in [0.3, 0.4) is 0 Å². The Morgan fingerprint density at radius 2 is 1.75 bits per heavy atom. The van der Waals surface area contributed by atoms with E-state index in [1.54, 1.807) is 6.20 Å². The van der Waals surface area contributed by atoms with Crippen molar-refractivity contribution in [3.05, 3.63) is 71.9 Å². The molecule has 3 nitrogen and oxygen atoms in total. The fourth-order valence-electron chi connectivity index (χ4n) is 2.25. The summed E-state index contributed by atoms with van der Waals surface area (Å²) in [6, 6.07) is 17.9. The maximum absolute atomic E-state index is 5.95. The van der Waals surface area contributed by atoms with E-state index >= 15 is 0 Å². The number of fused-ring (bicyclic) bond motifs is 1. The summed E-state index contributed by atoms with van der Waals surface area (Å²) in [7, 11) is 0. The summed E-state index contributed by atoms with van der Waals surface area (Å²) in [5.41, 5.74) is 8.92. The maximum Gasteiger partial charge on any atom is 0.129 e. The quantitative estimate of drug-likeness (QED) is 0.786. The molecule has 2 aromatic carbocycles. The van der Waals surface area contributed by atoms with E-state index in [2.05, 4.69) is 4.98 Å². The Balaban J connectivity index is 1.87. The molecule has 0 unspecified atom stereocenters. The molecule has 0 spiro atoms. The van der Waals surface area contributed by atoms with Gasteiger partial charge in [-0.05, 0) is 35.4 Å². The lowest BCUT2D eigenvalue weighted by atomic mass is 10.1. The smallest absolute Gasteiger partial charge is 0.129 e. The van der Waals surface area contributed by atoms with Gasteiger partial charge < -0.3 is 10.5 Å². The van der Waals surface area contributed by atoms with Gasteiger partial charge in [0.1, 0.15) is 12.4 Å². The predicted octanol–water partition coefficient (Wildman–Crippen LogP) is 3.27. The zero-order chi connectivity index (χ0) is 13.8. The zero-order valence-corrected chi connectivity index (χ0v) is 11.1. The van der Waals surface area contributed by atoms with Crippen molar-refractivity contribution in [2.45, 2.75) is 13.2 Å². The Morgan fingerprint density at radius 1 is 0.900 bits per heavy atom. The van der Waals surface area contributed by atoms with Gasteiger partial charge in [0.2, 0.25) is 0 Å². The van der Waals surface area contributed by atoms with Crippen LogP contribution in [0.25, 0.3) is 10.9 Å². The van der Waals surface area contributed by atoms with Crippen LogP contribution in [-0.2, 0) is 13.2 Å². The number of rotatable bonds is 4. The molecule has 100 valence electrons. The number of aromatic nitrogens is 1. The van der Waals surface area contributed by atoms with Gasteiger partial charge in [-0.3, -0.25) is 4.98 Å². The largest absolute Gasteiger partial charge is 0.488 e. The molecular weight excluding hydrogens is 248 g/mol. The van der Waals surface area contributed by atoms with Crippen LogP contribution in [0, 0.1) is 0 Å². The highest BCUT2D eigenvalue weighted by Gasteiger charge is 2.04. The van der Waals surface area contributed by atoms with Crippen molar-refractivity contribution in [1.82, 2.24) is 4.98 Å². The number of hydrogen-bond acceptors (Lipinski definition) is 3. The molecule has 0 aliphatic heterocycles. The van der Waals surface area contributed by atoms with E-state index in [0.717, 1.165) is 27.8 Å². The van der Waals surface area contributed by atoms with E-state index in [4.69, 9.17) is 10.5 Å². The average Bonchev–Trinajstić information content (AvgIpc) is 2.53. The Labute approximate surface area is 118 Å². The topological polar surface area (TPSA) is 48.1 Å². The molecule has 3 heteroatoms. The Morgan fingerprint density at radius 3 is 2.60 bits per heavy atom. The first-order chi connectivity index (χ1) is 9.88. The molecule has 1 heterocycles. The monoisotopic (exact) mass is 264 g/mol. The number of hydrogen-bond donors (Lipinski definition) is 1. The van der Waals surface area contributed by atoms with Crippen molar-refractivity contribution in [2.24, 2.45) is 5.73 Å². The van der Waals surface area contributed by atoms with E-state index in [0.29, 0.717) is 13.2 Å². The molecule has 0 radical (unpaired) electrons. The van der Waals surface area contributed by atoms with Crippen molar-refractivity contribution in [1.29, 1.82) is 0 Å². The highest BCUT2D eigenvalue weighted by Crippen LogP contribution is 2.24. The van der Waals surface area contributed by atoms with E-state index in [9.17, 15) is 0 Å². The second kappa shape index (κ2) is 5.72. The summed E-state index contributed by atoms with van der Waals surface area (Å²) in [4.78, 5) is 4.33. The molecule has 0 bridgehead atoms. The lowest BCUT2D eigenvalue weighted by Crippen LogP contribution is -2.04. The molecule has 0 saturated carbocycles. The van der Waals surface area contributed by atoms with Crippen molar-refractivity contribution in [3.63, 3.8) is 0 Å². The van der Waals surface area contributed by atoms with Gasteiger partial charge in [-0.25, -0.2) is 0 Å². The van der Waals surface area contributed by atoms with Crippen LogP contribution >= 0.6 is 0 Å². The van der Waals surface area contributed by atoms with Gasteiger partial charge in [-0.1, -0.05) is 30.3 Å². The fraction of sp³-hybridized carbons (Fsp3) is 0.118. The van der Waals surface area contributed by atoms with Gasteiger partial charge in [-0.15, -0.1) is 0 Å². The number of nitrogens with two attached hydrogens (primary N) is 1. The van der Waals surface area contributed by atoms with Gasteiger partial charge in [0, 0.05) is 18.1 Å². The summed E-state index contributed by atoms with van der Waals surface area (Å²) in [6.07, 6.45) is 1.79. The molecular formula is C17H16N2O. The molecule has 1 aromatic heterocycles. The summed E-state index contributed by atoms with van der Waals surface area (Å²) in [6.45, 7) is 1.04. The third-order valence-electron chi connectivity index (χ3n) is 3.33. The molecule has 0 amide bonds. The fourth-order valence-corrected chi connectivity index (χ4v) is 2.25. The molecule has 3 aromatic rings. The second-order valence-corrected chi connectivity index (χ2v) is 4.59. The lowest BCUT2D eigenvalue weighted by molar-refractivity contribution is 0.309. The van der Waals surface area contributed by atoms with E-state index in [-0.39, 0.29) is 0 Å². The third-order valence-corrected chi connectivity index (χ3v) is 3.33. The molecule has 0 fully saturated rings.